The maximum absolute atomic E-state index is 14.6. The molecule has 0 bridgehead atoms. The molecule has 0 aliphatic carbocycles. The van der Waals surface area contributed by atoms with Crippen LogP contribution in [0.1, 0.15) is 35.1 Å². The van der Waals surface area contributed by atoms with Gasteiger partial charge in [-0.05, 0) is 47.2 Å². The van der Waals surface area contributed by atoms with Crippen molar-refractivity contribution in [2.75, 3.05) is 10.6 Å². The third-order valence-electron chi connectivity index (χ3n) is 12.3. The van der Waals surface area contributed by atoms with Crippen LogP contribution < -0.4 is 21.3 Å². The summed E-state index contributed by atoms with van der Waals surface area (Å²) in [5.74, 6) is -0.632. The summed E-state index contributed by atoms with van der Waals surface area (Å²) in [6, 6.07) is 32.8. The lowest BCUT2D eigenvalue weighted by Gasteiger charge is -2.48. The van der Waals surface area contributed by atoms with Crippen molar-refractivity contribution in [1.29, 1.82) is 0 Å². The molecule has 6 heterocycles. The number of piperazine rings is 2. The molecule has 4 fully saturated rings. The highest BCUT2D eigenvalue weighted by atomic mass is 16.2. The van der Waals surface area contributed by atoms with E-state index in [0.29, 0.717) is 25.7 Å². The van der Waals surface area contributed by atoms with Crippen LogP contribution in [-0.4, -0.2) is 69.9 Å². The Hall–Kier alpha value is -5.64. The van der Waals surface area contributed by atoms with Gasteiger partial charge in [0.1, 0.15) is 36.5 Å². The van der Waals surface area contributed by atoms with E-state index in [2.05, 4.69) is 33.4 Å². The number of nitrogens with one attached hydrogen (secondary N) is 4. The second-order valence-corrected chi connectivity index (χ2v) is 14.6. The number of benzene rings is 4. The van der Waals surface area contributed by atoms with Gasteiger partial charge in [0.25, 0.3) is 0 Å². The third kappa shape index (κ3) is 3.73. The lowest BCUT2D eigenvalue weighted by molar-refractivity contribution is -0.149. The molecular weight excluding hydrogens is 628 g/mol. The Morgan fingerprint density at radius 1 is 0.500 bits per heavy atom. The molecule has 0 aromatic heterocycles. The second kappa shape index (κ2) is 10.4. The van der Waals surface area contributed by atoms with Gasteiger partial charge in [0.2, 0.25) is 23.6 Å². The number of fused-ring (bicyclic) bond motifs is 11. The minimum atomic E-state index is -0.861. The number of rotatable bonds is 5. The fourth-order valence-corrected chi connectivity index (χ4v) is 10.4. The molecule has 4 amide bonds. The zero-order valence-corrected chi connectivity index (χ0v) is 27.2. The molecule has 0 spiro atoms. The predicted octanol–water partition coefficient (Wildman–Crippen LogP) is 3.05. The monoisotopic (exact) mass is 664 g/mol. The van der Waals surface area contributed by atoms with Crippen molar-refractivity contribution in [2.45, 2.75) is 73.0 Å². The fraction of sp³-hybridized carbons (Fsp3) is 0.300. The summed E-state index contributed by atoms with van der Waals surface area (Å²) < 4.78 is 0. The molecule has 10 nitrogen and oxygen atoms in total. The largest absolute Gasteiger partial charge is 0.364 e. The summed E-state index contributed by atoms with van der Waals surface area (Å²) >= 11 is 0. The molecule has 0 saturated carbocycles. The molecule has 4 N–H and O–H groups in total. The Morgan fingerprint density at radius 3 is 1.30 bits per heavy atom. The Bertz CT molecular complexity index is 1940. The van der Waals surface area contributed by atoms with Crippen LogP contribution in [0.3, 0.4) is 0 Å². The fourth-order valence-electron chi connectivity index (χ4n) is 10.4. The maximum atomic E-state index is 14.6. The number of hydrogen-bond donors (Lipinski definition) is 4. The number of para-hydroxylation sites is 2. The summed E-state index contributed by atoms with van der Waals surface area (Å²) in [4.78, 5) is 61.2. The van der Waals surface area contributed by atoms with Crippen molar-refractivity contribution < 1.29 is 19.2 Å². The first-order valence-corrected chi connectivity index (χ1v) is 17.5. The zero-order valence-electron chi connectivity index (χ0n) is 27.2. The summed E-state index contributed by atoms with van der Waals surface area (Å²) in [6.45, 7) is 0. The second-order valence-electron chi connectivity index (χ2n) is 14.6. The molecular formula is C40H36N6O4. The highest BCUT2D eigenvalue weighted by molar-refractivity contribution is 6.01. The van der Waals surface area contributed by atoms with Crippen molar-refractivity contribution in [2.24, 2.45) is 0 Å². The minimum absolute atomic E-state index is 0.134. The van der Waals surface area contributed by atoms with Crippen LogP contribution in [0.25, 0.3) is 0 Å². The van der Waals surface area contributed by atoms with E-state index in [0.717, 1.165) is 33.6 Å². The lowest BCUT2D eigenvalue weighted by Crippen LogP contribution is -2.67. The molecule has 0 radical (unpaired) electrons. The number of nitrogens with zero attached hydrogens (tertiary/aromatic N) is 2. The first-order valence-electron chi connectivity index (χ1n) is 17.5. The SMILES string of the molecule is O=C1N[C@@H](Cc2ccccc2)C(=O)N2[C@H]3Nc4ccccc4[C@@]3([C@@]34C[C@H]5C(=O)N[C@@H](Cc6ccccc6)C(=O)N5[C@@H]3Nc3ccccc34)C[C@@H]12. The van der Waals surface area contributed by atoms with E-state index in [-0.39, 0.29) is 23.6 Å². The van der Waals surface area contributed by atoms with Gasteiger partial charge >= 0.3 is 0 Å². The number of carbonyl (C=O) groups excluding carboxylic acids is 4. The van der Waals surface area contributed by atoms with E-state index in [9.17, 15) is 19.2 Å². The van der Waals surface area contributed by atoms with Crippen molar-refractivity contribution in [1.82, 2.24) is 20.4 Å². The van der Waals surface area contributed by atoms with Crippen molar-refractivity contribution >= 4 is 35.0 Å². The van der Waals surface area contributed by atoms with E-state index in [4.69, 9.17) is 0 Å². The van der Waals surface area contributed by atoms with Gasteiger partial charge in [0.15, 0.2) is 0 Å². The molecule has 4 aromatic rings. The first-order chi connectivity index (χ1) is 24.4. The van der Waals surface area contributed by atoms with Gasteiger partial charge in [-0.25, -0.2) is 0 Å². The molecule has 4 saturated heterocycles. The van der Waals surface area contributed by atoms with Gasteiger partial charge in [-0.3, -0.25) is 19.2 Å². The topological polar surface area (TPSA) is 123 Å². The van der Waals surface area contributed by atoms with E-state index in [1.54, 1.807) is 9.80 Å². The van der Waals surface area contributed by atoms with Gasteiger partial charge in [-0.15, -0.1) is 0 Å². The van der Waals surface area contributed by atoms with Crippen LogP contribution in [0.4, 0.5) is 11.4 Å². The highest BCUT2D eigenvalue weighted by Gasteiger charge is 2.78. The average Bonchev–Trinajstić information content (AvgIpc) is 3.85. The standard InChI is InChI=1S/C40H36N6O4/c47-33-31-21-39(25-15-7-9-17-27(25)43-37(39)45(31)35(49)29(41-33)19-23-11-3-1-4-12-23)40-22-32-34(48)42-30(20-24-13-5-2-6-14-24)36(50)46(32)38(40)44-28-18-10-8-16-26(28)40/h1-18,29-32,37-38,43-44H,19-22H2,(H,41,47)(H,42,48)/t29-,30-,31-,32-,37-,38+,39+,40-/m0/s1. The predicted molar refractivity (Wildman–Crippen MR) is 186 cm³/mol. The van der Waals surface area contributed by atoms with Crippen LogP contribution in [0.15, 0.2) is 109 Å². The maximum Gasteiger partial charge on any atom is 0.247 e. The molecule has 4 aromatic carbocycles. The van der Waals surface area contributed by atoms with Gasteiger partial charge in [0.05, 0.1) is 10.8 Å². The van der Waals surface area contributed by atoms with Crippen LogP contribution in [0, 0.1) is 0 Å². The Morgan fingerprint density at radius 2 is 0.880 bits per heavy atom. The number of anilines is 2. The number of carbonyl (C=O) groups is 4. The van der Waals surface area contributed by atoms with Crippen LogP contribution in [-0.2, 0) is 42.8 Å². The first kappa shape index (κ1) is 29.3. The Labute approximate surface area is 289 Å². The lowest BCUT2D eigenvalue weighted by atomic mass is 9.54. The normalized spacial score (nSPS) is 32.9. The number of hydrogen-bond acceptors (Lipinski definition) is 6. The number of amides is 4. The van der Waals surface area contributed by atoms with Crippen LogP contribution in [0.2, 0.25) is 0 Å². The van der Waals surface area contributed by atoms with Gasteiger partial charge < -0.3 is 31.1 Å². The van der Waals surface area contributed by atoms with E-state index in [1.807, 2.05) is 97.1 Å². The Balaban J connectivity index is 1.13. The molecule has 8 atom stereocenters. The smallest absolute Gasteiger partial charge is 0.247 e. The van der Waals surface area contributed by atoms with Crippen molar-refractivity contribution in [3.63, 3.8) is 0 Å². The molecule has 6 aliphatic heterocycles. The van der Waals surface area contributed by atoms with Gasteiger partial charge in [-0.2, -0.15) is 0 Å². The Kier molecular flexibility index (Phi) is 6.11. The minimum Gasteiger partial charge on any atom is -0.364 e. The van der Waals surface area contributed by atoms with E-state index < -0.39 is 47.3 Å². The summed E-state index contributed by atoms with van der Waals surface area (Å²) in [7, 11) is 0. The molecule has 50 heavy (non-hydrogen) atoms. The summed E-state index contributed by atoms with van der Waals surface area (Å²) in [5, 5.41) is 13.6. The third-order valence-corrected chi connectivity index (χ3v) is 12.3. The van der Waals surface area contributed by atoms with E-state index in [1.165, 1.54) is 0 Å². The van der Waals surface area contributed by atoms with Crippen LogP contribution in [0.5, 0.6) is 0 Å². The average molecular weight is 665 g/mol. The zero-order chi connectivity index (χ0) is 33.8. The van der Waals surface area contributed by atoms with Gasteiger partial charge in [-0.1, -0.05) is 97.1 Å². The van der Waals surface area contributed by atoms with Crippen molar-refractivity contribution in [3.05, 3.63) is 131 Å². The highest BCUT2D eigenvalue weighted by Crippen LogP contribution is 2.68. The van der Waals surface area contributed by atoms with E-state index >= 15 is 0 Å². The molecule has 6 aliphatic rings. The summed E-state index contributed by atoms with van der Waals surface area (Å²) in [6.07, 6.45) is 0.273. The molecule has 10 heteroatoms. The molecule has 10 rings (SSSR count). The molecule has 0 unspecified atom stereocenters. The van der Waals surface area contributed by atoms with Gasteiger partial charge in [0, 0.05) is 24.2 Å². The molecule has 250 valence electrons. The quantitative estimate of drug-likeness (QED) is 0.260. The van der Waals surface area contributed by atoms with Crippen molar-refractivity contribution in [3.8, 4) is 0 Å². The summed E-state index contributed by atoms with van der Waals surface area (Å²) in [5.41, 5.74) is 4.00. The van der Waals surface area contributed by atoms with Crippen LogP contribution >= 0.6 is 0 Å².